The maximum absolute atomic E-state index is 11.0. The first-order valence-corrected chi connectivity index (χ1v) is 6.05. The Hall–Kier alpha value is -1.37. The van der Waals surface area contributed by atoms with E-state index in [2.05, 4.69) is 5.29 Å². The van der Waals surface area contributed by atoms with E-state index in [1.54, 1.807) is 0 Å². The second-order valence-corrected chi connectivity index (χ2v) is 4.86. The Labute approximate surface area is 118 Å². The second-order valence-electron chi connectivity index (χ2n) is 4.86. The fourth-order valence-corrected chi connectivity index (χ4v) is 2.02. The topological polar surface area (TPSA) is 180 Å². The summed E-state index contributed by atoms with van der Waals surface area (Å²) in [6.07, 6.45) is -6.73. The molecule has 0 amide bonds. The van der Waals surface area contributed by atoms with Crippen LogP contribution >= 0.6 is 0 Å². The average Bonchev–Trinajstić information content (AvgIpc) is 2.39. The van der Waals surface area contributed by atoms with E-state index in [0.717, 1.165) is 6.92 Å². The predicted molar refractivity (Wildman–Crippen MR) is 64.5 cm³/mol. The minimum atomic E-state index is -2.53. The van der Waals surface area contributed by atoms with Crippen molar-refractivity contribution < 1.29 is 40.2 Å². The molecule has 0 bridgehead atoms. The van der Waals surface area contributed by atoms with Crippen LogP contribution in [0.25, 0.3) is 0 Å². The van der Waals surface area contributed by atoms with Crippen molar-refractivity contribution in [3.63, 3.8) is 0 Å². The van der Waals surface area contributed by atoms with Gasteiger partial charge < -0.3 is 35.4 Å². The Balaban J connectivity index is 2.94. The summed E-state index contributed by atoms with van der Waals surface area (Å²) in [4.78, 5) is 21.8. The molecule has 0 saturated carbocycles. The van der Waals surface area contributed by atoms with Gasteiger partial charge in [0.15, 0.2) is 6.04 Å². The van der Waals surface area contributed by atoms with Crippen molar-refractivity contribution in [1.82, 2.24) is 5.01 Å². The van der Waals surface area contributed by atoms with Crippen molar-refractivity contribution in [2.45, 2.75) is 43.2 Å². The minimum absolute atomic E-state index is 0.278. The minimum Gasteiger partial charge on any atom is -0.480 e. The van der Waals surface area contributed by atoms with Crippen LogP contribution in [0.4, 0.5) is 0 Å². The molecule has 0 radical (unpaired) electrons. The Morgan fingerprint density at radius 1 is 1.48 bits per heavy atom. The molecule has 1 aliphatic heterocycles. The number of carboxylic acid groups (broad SMARTS) is 1. The molecule has 1 fully saturated rings. The van der Waals surface area contributed by atoms with Gasteiger partial charge in [0, 0.05) is 0 Å². The highest BCUT2D eigenvalue weighted by Crippen LogP contribution is 2.26. The molecule has 11 heteroatoms. The van der Waals surface area contributed by atoms with Crippen molar-refractivity contribution in [1.29, 1.82) is 0 Å². The lowest BCUT2D eigenvalue weighted by Gasteiger charge is -2.43. The highest BCUT2D eigenvalue weighted by molar-refractivity contribution is 5.74. The molecule has 1 saturated heterocycles. The number of aliphatic hydroxyl groups is 5. The van der Waals surface area contributed by atoms with E-state index in [9.17, 15) is 35.2 Å². The smallest absolute Gasteiger partial charge is 0.330 e. The van der Waals surface area contributed by atoms with Crippen LogP contribution < -0.4 is 0 Å². The summed E-state index contributed by atoms with van der Waals surface area (Å²) < 4.78 is 4.78. The molecule has 0 aromatic rings. The second kappa shape index (κ2) is 6.60. The molecule has 11 nitrogen and oxygen atoms in total. The average molecular weight is 310 g/mol. The van der Waals surface area contributed by atoms with Gasteiger partial charge in [0.05, 0.1) is 24.5 Å². The zero-order valence-corrected chi connectivity index (χ0v) is 11.1. The molecule has 6 atom stereocenters. The SMILES string of the molecule is C[C@H](O)[C@H](C(=O)O)N(C[C@@]1(O)OC[C@@H](O)[C@@H](O)[C@H]1O)N=O. The van der Waals surface area contributed by atoms with Gasteiger partial charge in [-0.3, -0.25) is 0 Å². The monoisotopic (exact) mass is 310 g/mol. The van der Waals surface area contributed by atoms with Crippen LogP contribution in [0.5, 0.6) is 0 Å². The zero-order valence-electron chi connectivity index (χ0n) is 11.1. The number of aliphatic hydroxyl groups excluding tert-OH is 4. The molecule has 0 unspecified atom stereocenters. The van der Waals surface area contributed by atoms with Crippen LogP contribution in [0.1, 0.15) is 6.92 Å². The van der Waals surface area contributed by atoms with Crippen molar-refractivity contribution in [2.24, 2.45) is 5.29 Å². The lowest BCUT2D eigenvalue weighted by atomic mass is 9.96. The highest BCUT2D eigenvalue weighted by Gasteiger charge is 2.51. The lowest BCUT2D eigenvalue weighted by Crippen LogP contribution is -2.65. The molecule has 1 rings (SSSR count). The first-order valence-electron chi connectivity index (χ1n) is 6.05. The number of hydrogen-bond donors (Lipinski definition) is 6. The van der Waals surface area contributed by atoms with Gasteiger partial charge in [-0.25, -0.2) is 9.80 Å². The number of hydrogen-bond acceptors (Lipinski definition) is 9. The van der Waals surface area contributed by atoms with Gasteiger partial charge in [0.25, 0.3) is 0 Å². The highest BCUT2D eigenvalue weighted by atomic mass is 16.6. The van der Waals surface area contributed by atoms with Crippen LogP contribution in [-0.4, -0.2) is 91.0 Å². The fraction of sp³-hybridized carbons (Fsp3) is 0.900. The summed E-state index contributed by atoms with van der Waals surface area (Å²) in [6, 6.07) is -1.79. The van der Waals surface area contributed by atoms with Gasteiger partial charge in [-0.2, -0.15) is 0 Å². The molecular weight excluding hydrogens is 292 g/mol. The van der Waals surface area contributed by atoms with Gasteiger partial charge in [0.1, 0.15) is 18.3 Å². The number of carbonyl (C=O) groups is 1. The van der Waals surface area contributed by atoms with Gasteiger partial charge in [-0.05, 0) is 6.92 Å². The molecule has 0 spiro atoms. The van der Waals surface area contributed by atoms with E-state index in [1.807, 2.05) is 0 Å². The van der Waals surface area contributed by atoms with E-state index in [0.29, 0.717) is 0 Å². The van der Waals surface area contributed by atoms with E-state index < -0.39 is 55.4 Å². The van der Waals surface area contributed by atoms with Crippen molar-refractivity contribution in [3.05, 3.63) is 4.91 Å². The number of carboxylic acids is 1. The molecule has 1 aliphatic rings. The normalized spacial score (nSPS) is 35.8. The molecular formula is C10H18N2O9. The molecule has 0 aromatic heterocycles. The number of nitroso groups, excluding NO2 is 1. The van der Waals surface area contributed by atoms with Crippen LogP contribution in [0.15, 0.2) is 5.29 Å². The van der Waals surface area contributed by atoms with E-state index in [-0.39, 0.29) is 5.01 Å². The van der Waals surface area contributed by atoms with Crippen LogP contribution in [-0.2, 0) is 9.53 Å². The summed E-state index contributed by atoms with van der Waals surface area (Å²) in [6.45, 7) is -0.380. The van der Waals surface area contributed by atoms with Gasteiger partial charge >= 0.3 is 5.97 Å². The zero-order chi connectivity index (χ0) is 16.4. The largest absolute Gasteiger partial charge is 0.480 e. The van der Waals surface area contributed by atoms with E-state index >= 15 is 0 Å². The summed E-state index contributed by atoms with van der Waals surface area (Å²) >= 11 is 0. The first-order chi connectivity index (χ1) is 9.64. The predicted octanol–water partition coefficient (Wildman–Crippen LogP) is -3.39. The number of aliphatic carboxylic acids is 1. The molecule has 122 valence electrons. The van der Waals surface area contributed by atoms with Gasteiger partial charge in [-0.1, -0.05) is 0 Å². The van der Waals surface area contributed by atoms with Crippen molar-refractivity contribution >= 4 is 5.97 Å². The van der Waals surface area contributed by atoms with Gasteiger partial charge in [-0.15, -0.1) is 4.91 Å². The van der Waals surface area contributed by atoms with Gasteiger partial charge in [0.2, 0.25) is 5.79 Å². The first kappa shape index (κ1) is 17.7. The number of nitrogens with zero attached hydrogens (tertiary/aromatic N) is 2. The van der Waals surface area contributed by atoms with Crippen LogP contribution in [0.2, 0.25) is 0 Å². The van der Waals surface area contributed by atoms with E-state index in [1.165, 1.54) is 0 Å². The maximum Gasteiger partial charge on any atom is 0.330 e. The third-order valence-corrected chi connectivity index (χ3v) is 3.21. The van der Waals surface area contributed by atoms with Crippen molar-refractivity contribution in [3.8, 4) is 0 Å². The molecule has 6 N–H and O–H groups in total. The molecule has 0 aliphatic carbocycles. The summed E-state index contributed by atoms with van der Waals surface area (Å²) in [5, 5.41) is 59.5. The molecule has 0 aromatic carbocycles. The molecule has 21 heavy (non-hydrogen) atoms. The molecule has 1 heterocycles. The Morgan fingerprint density at radius 3 is 2.48 bits per heavy atom. The third-order valence-electron chi connectivity index (χ3n) is 3.21. The summed E-state index contributed by atoms with van der Waals surface area (Å²) in [5.41, 5.74) is 0. The lowest BCUT2D eigenvalue weighted by molar-refractivity contribution is -0.326. The Bertz CT molecular complexity index is 393. The quantitative estimate of drug-likeness (QED) is 0.214. The Morgan fingerprint density at radius 2 is 2.05 bits per heavy atom. The van der Waals surface area contributed by atoms with Crippen molar-refractivity contribution in [2.75, 3.05) is 13.2 Å². The van der Waals surface area contributed by atoms with E-state index in [4.69, 9.17) is 9.84 Å². The summed E-state index contributed by atoms with van der Waals surface area (Å²) in [7, 11) is 0. The number of ether oxygens (including phenoxy) is 1. The number of rotatable bonds is 6. The Kier molecular flexibility index (Phi) is 5.55. The standard InChI is InChI=1S/C10H18N2O9/c1-4(13)6(9(17)18)12(11-20)3-10(19)8(16)7(15)5(14)2-21-10/h4-8,13-16,19H,2-3H2,1H3,(H,17,18)/t4-,5+,6+,7+,8+,10+/m0/s1. The fourth-order valence-electron chi connectivity index (χ4n) is 2.02. The van der Waals surface area contributed by atoms with Crippen LogP contribution in [0.3, 0.4) is 0 Å². The van der Waals surface area contributed by atoms with Crippen LogP contribution in [0, 0.1) is 4.91 Å². The third kappa shape index (κ3) is 3.64. The summed E-state index contributed by atoms with van der Waals surface area (Å²) in [5.74, 6) is -4.12. The maximum atomic E-state index is 11.0.